The number of aryl methyl sites for hydroxylation is 1. The molecule has 2 heterocycles. The smallest absolute Gasteiger partial charge is 0.374 e. The van der Waals surface area contributed by atoms with Crippen LogP contribution in [0.4, 0.5) is 5.69 Å². The summed E-state index contributed by atoms with van der Waals surface area (Å²) < 4.78 is 15.2. The molecule has 0 unspecified atom stereocenters. The van der Waals surface area contributed by atoms with E-state index in [4.69, 9.17) is 9.15 Å². The molecular formula is C19H19NO6. The van der Waals surface area contributed by atoms with E-state index in [1.807, 2.05) is 0 Å². The molecule has 0 bridgehead atoms. The van der Waals surface area contributed by atoms with Crippen molar-refractivity contribution in [2.24, 2.45) is 0 Å². The standard InChI is InChI=1S/C19H19NO6/c1-12-10-15(26-17(12)19(23)24-2)11-25-18(22)13-5-7-14(8-6-13)20-9-3-4-16(20)21/h5-8,10H,3-4,9,11H2,1-2H3. The van der Waals surface area contributed by atoms with Crippen molar-refractivity contribution < 1.29 is 28.3 Å². The van der Waals surface area contributed by atoms with Gasteiger partial charge in [0.2, 0.25) is 11.7 Å². The normalized spacial score (nSPS) is 13.8. The van der Waals surface area contributed by atoms with E-state index in [0.29, 0.717) is 29.9 Å². The first-order valence-electron chi connectivity index (χ1n) is 8.25. The molecule has 0 atom stereocenters. The molecule has 7 nitrogen and oxygen atoms in total. The van der Waals surface area contributed by atoms with Gasteiger partial charge in [-0.1, -0.05) is 0 Å². The lowest BCUT2D eigenvalue weighted by Crippen LogP contribution is -2.23. The number of nitrogens with zero attached hydrogens (tertiary/aromatic N) is 1. The van der Waals surface area contributed by atoms with Gasteiger partial charge in [-0.2, -0.15) is 0 Å². The number of carbonyl (C=O) groups is 3. The number of hydrogen-bond donors (Lipinski definition) is 0. The highest BCUT2D eigenvalue weighted by Crippen LogP contribution is 2.22. The second kappa shape index (κ2) is 7.43. The molecule has 0 saturated carbocycles. The van der Waals surface area contributed by atoms with Crippen LogP contribution in [-0.2, 0) is 20.9 Å². The number of benzene rings is 1. The predicted molar refractivity (Wildman–Crippen MR) is 91.9 cm³/mol. The number of carbonyl (C=O) groups excluding carboxylic acids is 3. The maximum atomic E-state index is 12.2. The molecule has 0 N–H and O–H groups in total. The number of rotatable bonds is 5. The number of anilines is 1. The number of amides is 1. The van der Waals surface area contributed by atoms with Crippen molar-refractivity contribution in [2.45, 2.75) is 26.4 Å². The second-order valence-corrected chi connectivity index (χ2v) is 5.99. The van der Waals surface area contributed by atoms with E-state index >= 15 is 0 Å². The van der Waals surface area contributed by atoms with Gasteiger partial charge in [0.1, 0.15) is 12.4 Å². The number of methoxy groups -OCH3 is 1. The van der Waals surface area contributed by atoms with Crippen molar-refractivity contribution in [2.75, 3.05) is 18.6 Å². The summed E-state index contributed by atoms with van der Waals surface area (Å²) in [6.45, 7) is 2.31. The summed E-state index contributed by atoms with van der Waals surface area (Å²) in [5.41, 5.74) is 1.76. The van der Waals surface area contributed by atoms with Crippen LogP contribution in [0.15, 0.2) is 34.7 Å². The minimum Gasteiger partial charge on any atom is -0.463 e. The first kappa shape index (κ1) is 17.7. The minimum atomic E-state index is -0.577. The molecule has 1 saturated heterocycles. The maximum Gasteiger partial charge on any atom is 0.374 e. The summed E-state index contributed by atoms with van der Waals surface area (Å²) in [4.78, 5) is 37.1. The number of hydrogen-bond acceptors (Lipinski definition) is 6. The Bertz CT molecular complexity index is 836. The fourth-order valence-electron chi connectivity index (χ4n) is 2.83. The van der Waals surface area contributed by atoms with Gasteiger partial charge in [-0.15, -0.1) is 0 Å². The van der Waals surface area contributed by atoms with E-state index < -0.39 is 11.9 Å². The zero-order valence-corrected chi connectivity index (χ0v) is 14.6. The molecule has 1 aliphatic heterocycles. The molecule has 136 valence electrons. The van der Waals surface area contributed by atoms with Crippen LogP contribution < -0.4 is 4.90 Å². The Morgan fingerprint density at radius 3 is 2.54 bits per heavy atom. The molecule has 1 fully saturated rings. The van der Waals surface area contributed by atoms with Crippen LogP contribution in [0.25, 0.3) is 0 Å². The molecule has 1 aromatic carbocycles. The third kappa shape index (κ3) is 3.61. The van der Waals surface area contributed by atoms with Gasteiger partial charge in [0.15, 0.2) is 0 Å². The lowest BCUT2D eigenvalue weighted by atomic mass is 10.2. The second-order valence-electron chi connectivity index (χ2n) is 5.99. The van der Waals surface area contributed by atoms with Gasteiger partial charge in [-0.3, -0.25) is 4.79 Å². The molecule has 3 rings (SSSR count). The summed E-state index contributed by atoms with van der Waals surface area (Å²) >= 11 is 0. The van der Waals surface area contributed by atoms with E-state index in [1.54, 1.807) is 42.2 Å². The lowest BCUT2D eigenvalue weighted by Gasteiger charge is -2.15. The van der Waals surface area contributed by atoms with Crippen LogP contribution in [0.3, 0.4) is 0 Å². The van der Waals surface area contributed by atoms with Crippen molar-refractivity contribution in [1.29, 1.82) is 0 Å². The van der Waals surface area contributed by atoms with Gasteiger partial charge in [0.05, 0.1) is 12.7 Å². The third-order valence-corrected chi connectivity index (χ3v) is 4.17. The predicted octanol–water partition coefficient (Wildman–Crippen LogP) is 2.86. The SMILES string of the molecule is COC(=O)c1oc(COC(=O)c2ccc(N3CCCC3=O)cc2)cc1C. The van der Waals surface area contributed by atoms with Gasteiger partial charge >= 0.3 is 11.9 Å². The van der Waals surface area contributed by atoms with Crippen LogP contribution in [0, 0.1) is 6.92 Å². The lowest BCUT2D eigenvalue weighted by molar-refractivity contribution is -0.117. The summed E-state index contributed by atoms with van der Waals surface area (Å²) in [6.07, 6.45) is 1.40. The first-order chi connectivity index (χ1) is 12.5. The van der Waals surface area contributed by atoms with Crippen molar-refractivity contribution in [3.05, 3.63) is 53.0 Å². The van der Waals surface area contributed by atoms with Crippen LogP contribution in [0.2, 0.25) is 0 Å². The van der Waals surface area contributed by atoms with E-state index in [9.17, 15) is 14.4 Å². The number of ether oxygens (including phenoxy) is 2. The van der Waals surface area contributed by atoms with Gasteiger partial charge in [-0.25, -0.2) is 9.59 Å². The molecule has 1 aromatic heterocycles. The van der Waals surface area contributed by atoms with Gasteiger partial charge in [0.25, 0.3) is 0 Å². The average Bonchev–Trinajstić information content (AvgIpc) is 3.24. The average molecular weight is 357 g/mol. The summed E-state index contributed by atoms with van der Waals surface area (Å²) in [6, 6.07) is 8.33. The van der Waals surface area contributed by atoms with Crippen molar-refractivity contribution in [3.63, 3.8) is 0 Å². The van der Waals surface area contributed by atoms with E-state index in [0.717, 1.165) is 12.1 Å². The molecule has 26 heavy (non-hydrogen) atoms. The van der Waals surface area contributed by atoms with Crippen molar-refractivity contribution >= 4 is 23.5 Å². The maximum absolute atomic E-state index is 12.2. The van der Waals surface area contributed by atoms with Crippen LogP contribution >= 0.6 is 0 Å². The largest absolute Gasteiger partial charge is 0.463 e. The summed E-state index contributed by atoms with van der Waals surface area (Å²) in [5, 5.41) is 0. The van der Waals surface area contributed by atoms with Crippen LogP contribution in [0.5, 0.6) is 0 Å². The Hall–Kier alpha value is -3.09. The first-order valence-corrected chi connectivity index (χ1v) is 8.25. The Kier molecular flexibility index (Phi) is 5.06. The summed E-state index contributed by atoms with van der Waals surface area (Å²) in [5.74, 6) is -0.547. The Morgan fingerprint density at radius 1 is 1.19 bits per heavy atom. The summed E-state index contributed by atoms with van der Waals surface area (Å²) in [7, 11) is 1.27. The molecule has 0 aliphatic carbocycles. The van der Waals surface area contributed by atoms with Gasteiger partial charge in [0, 0.05) is 24.2 Å². The fraction of sp³-hybridized carbons (Fsp3) is 0.316. The monoisotopic (exact) mass is 357 g/mol. The van der Waals surface area contributed by atoms with Crippen molar-refractivity contribution in [3.8, 4) is 0 Å². The number of furan rings is 1. The molecule has 0 spiro atoms. The third-order valence-electron chi connectivity index (χ3n) is 4.17. The minimum absolute atomic E-state index is 0.0925. The highest BCUT2D eigenvalue weighted by Gasteiger charge is 2.22. The fourth-order valence-corrected chi connectivity index (χ4v) is 2.83. The zero-order chi connectivity index (χ0) is 18.7. The Labute approximate surface area is 150 Å². The molecule has 2 aromatic rings. The molecule has 1 aliphatic rings. The van der Waals surface area contributed by atoms with E-state index in [-0.39, 0.29) is 18.3 Å². The topological polar surface area (TPSA) is 86.1 Å². The zero-order valence-electron chi connectivity index (χ0n) is 14.6. The molecule has 7 heteroatoms. The molecule has 0 radical (unpaired) electrons. The van der Waals surface area contributed by atoms with Crippen LogP contribution in [-0.4, -0.2) is 31.5 Å². The van der Waals surface area contributed by atoms with Crippen molar-refractivity contribution in [1.82, 2.24) is 0 Å². The highest BCUT2D eigenvalue weighted by molar-refractivity contribution is 5.96. The highest BCUT2D eigenvalue weighted by atomic mass is 16.6. The van der Waals surface area contributed by atoms with E-state index in [1.165, 1.54) is 7.11 Å². The Balaban J connectivity index is 1.61. The molecule has 1 amide bonds. The van der Waals surface area contributed by atoms with Gasteiger partial charge in [-0.05, 0) is 43.7 Å². The van der Waals surface area contributed by atoms with Gasteiger partial charge < -0.3 is 18.8 Å². The quantitative estimate of drug-likeness (QED) is 0.765. The molecular weight excluding hydrogens is 338 g/mol. The van der Waals surface area contributed by atoms with E-state index in [2.05, 4.69) is 4.74 Å². The number of esters is 2. The van der Waals surface area contributed by atoms with Crippen LogP contribution in [0.1, 0.15) is 45.1 Å². The Morgan fingerprint density at radius 2 is 1.92 bits per heavy atom.